The SMILES string of the molecule is Cc1ccc(NC(=O)CN(C)CCOc2cccc(Br)c2)cc1. The number of hydrogen-bond acceptors (Lipinski definition) is 3. The lowest BCUT2D eigenvalue weighted by Gasteiger charge is -2.16. The Morgan fingerprint density at radius 3 is 2.65 bits per heavy atom. The first kappa shape index (κ1) is 17.5. The van der Waals surface area contributed by atoms with E-state index >= 15 is 0 Å². The molecule has 0 saturated heterocycles. The van der Waals surface area contributed by atoms with Gasteiger partial charge in [-0.2, -0.15) is 0 Å². The minimum absolute atomic E-state index is 0.0289. The van der Waals surface area contributed by atoms with Crippen LogP contribution in [0.2, 0.25) is 0 Å². The molecule has 0 atom stereocenters. The van der Waals surface area contributed by atoms with Gasteiger partial charge in [0.25, 0.3) is 0 Å². The lowest BCUT2D eigenvalue weighted by molar-refractivity contribution is -0.117. The molecule has 0 heterocycles. The number of carbonyl (C=O) groups is 1. The Kier molecular flexibility index (Phi) is 6.62. The Labute approximate surface area is 145 Å². The molecule has 1 N–H and O–H groups in total. The van der Waals surface area contributed by atoms with Gasteiger partial charge in [-0.25, -0.2) is 0 Å². The van der Waals surface area contributed by atoms with Crippen LogP contribution in [-0.2, 0) is 4.79 Å². The summed E-state index contributed by atoms with van der Waals surface area (Å²) in [5, 5.41) is 2.89. The third-order valence-corrected chi connectivity index (χ3v) is 3.78. The van der Waals surface area contributed by atoms with Gasteiger partial charge in [0, 0.05) is 16.7 Å². The number of anilines is 1. The summed E-state index contributed by atoms with van der Waals surface area (Å²) in [5.74, 6) is 0.788. The Hall–Kier alpha value is -1.85. The number of aryl methyl sites for hydroxylation is 1. The van der Waals surface area contributed by atoms with Crippen LogP contribution in [-0.4, -0.2) is 37.6 Å². The summed E-state index contributed by atoms with van der Waals surface area (Å²) in [6.07, 6.45) is 0. The third-order valence-electron chi connectivity index (χ3n) is 3.29. The average Bonchev–Trinajstić information content (AvgIpc) is 2.49. The molecule has 1 amide bonds. The van der Waals surface area contributed by atoms with Crippen LogP contribution in [0.1, 0.15) is 5.56 Å². The van der Waals surface area contributed by atoms with E-state index in [1.54, 1.807) is 0 Å². The first-order chi connectivity index (χ1) is 11.0. The van der Waals surface area contributed by atoms with E-state index in [-0.39, 0.29) is 5.91 Å². The largest absolute Gasteiger partial charge is 0.492 e. The zero-order valence-corrected chi connectivity index (χ0v) is 15.0. The van der Waals surface area contributed by atoms with Crippen LogP contribution in [0.15, 0.2) is 53.0 Å². The second-order valence-electron chi connectivity index (χ2n) is 5.46. The second kappa shape index (κ2) is 8.70. The van der Waals surface area contributed by atoms with Crippen molar-refractivity contribution in [3.8, 4) is 5.75 Å². The Balaban J connectivity index is 1.70. The van der Waals surface area contributed by atoms with Gasteiger partial charge in [-0.3, -0.25) is 9.69 Å². The fourth-order valence-electron chi connectivity index (χ4n) is 2.04. The van der Waals surface area contributed by atoms with Gasteiger partial charge < -0.3 is 10.1 Å². The van der Waals surface area contributed by atoms with E-state index in [1.807, 2.05) is 67.4 Å². The summed E-state index contributed by atoms with van der Waals surface area (Å²) in [6.45, 7) is 3.55. The van der Waals surface area contributed by atoms with E-state index in [2.05, 4.69) is 21.2 Å². The van der Waals surface area contributed by atoms with Crippen LogP contribution in [0.3, 0.4) is 0 Å². The van der Waals surface area contributed by atoms with Crippen molar-refractivity contribution in [2.24, 2.45) is 0 Å². The normalized spacial score (nSPS) is 10.6. The number of rotatable bonds is 7. The molecular formula is C18H21BrN2O2. The van der Waals surface area contributed by atoms with Gasteiger partial charge in [0.05, 0.1) is 6.54 Å². The van der Waals surface area contributed by atoms with E-state index in [9.17, 15) is 4.79 Å². The standard InChI is InChI=1S/C18H21BrN2O2/c1-14-6-8-16(9-7-14)20-18(22)13-21(2)10-11-23-17-5-3-4-15(19)12-17/h3-9,12H,10-11,13H2,1-2H3,(H,20,22). The van der Waals surface area contributed by atoms with Gasteiger partial charge in [-0.1, -0.05) is 39.7 Å². The molecule has 0 aliphatic heterocycles. The van der Waals surface area contributed by atoms with Crippen LogP contribution < -0.4 is 10.1 Å². The highest BCUT2D eigenvalue weighted by molar-refractivity contribution is 9.10. The maximum atomic E-state index is 12.0. The molecule has 4 nitrogen and oxygen atoms in total. The molecule has 0 saturated carbocycles. The fourth-order valence-corrected chi connectivity index (χ4v) is 2.42. The van der Waals surface area contributed by atoms with Crippen molar-refractivity contribution in [1.29, 1.82) is 0 Å². The van der Waals surface area contributed by atoms with E-state index in [0.29, 0.717) is 19.7 Å². The summed E-state index contributed by atoms with van der Waals surface area (Å²) >= 11 is 3.41. The highest BCUT2D eigenvalue weighted by Crippen LogP contribution is 2.17. The van der Waals surface area contributed by atoms with Gasteiger partial charge in [0.15, 0.2) is 0 Å². The van der Waals surface area contributed by atoms with E-state index in [0.717, 1.165) is 15.9 Å². The molecule has 2 rings (SSSR count). The van der Waals surface area contributed by atoms with Crippen molar-refractivity contribution < 1.29 is 9.53 Å². The minimum atomic E-state index is -0.0289. The predicted molar refractivity (Wildman–Crippen MR) is 96.9 cm³/mol. The monoisotopic (exact) mass is 376 g/mol. The van der Waals surface area contributed by atoms with Crippen molar-refractivity contribution in [3.63, 3.8) is 0 Å². The van der Waals surface area contributed by atoms with Gasteiger partial charge in [-0.05, 0) is 44.3 Å². The van der Waals surface area contributed by atoms with Crippen molar-refractivity contribution in [2.45, 2.75) is 6.92 Å². The zero-order chi connectivity index (χ0) is 16.7. The van der Waals surface area contributed by atoms with Gasteiger partial charge >= 0.3 is 0 Å². The van der Waals surface area contributed by atoms with Crippen molar-refractivity contribution in [3.05, 3.63) is 58.6 Å². The molecule has 2 aromatic rings. The number of carbonyl (C=O) groups excluding carboxylic acids is 1. The maximum Gasteiger partial charge on any atom is 0.238 e. The van der Waals surface area contributed by atoms with Crippen molar-refractivity contribution in [2.75, 3.05) is 32.1 Å². The predicted octanol–water partition coefficient (Wildman–Crippen LogP) is 3.71. The Morgan fingerprint density at radius 1 is 1.22 bits per heavy atom. The van der Waals surface area contributed by atoms with Crippen molar-refractivity contribution >= 4 is 27.5 Å². The summed E-state index contributed by atoms with van der Waals surface area (Å²) in [7, 11) is 1.90. The molecule has 5 heteroatoms. The number of halogens is 1. The smallest absolute Gasteiger partial charge is 0.238 e. The van der Waals surface area contributed by atoms with E-state index in [4.69, 9.17) is 4.74 Å². The first-order valence-corrected chi connectivity index (χ1v) is 8.25. The first-order valence-electron chi connectivity index (χ1n) is 7.46. The lowest BCUT2D eigenvalue weighted by atomic mass is 10.2. The van der Waals surface area contributed by atoms with Crippen LogP contribution in [0.4, 0.5) is 5.69 Å². The summed E-state index contributed by atoms with van der Waals surface area (Å²) in [4.78, 5) is 13.9. The number of benzene rings is 2. The fraction of sp³-hybridized carbons (Fsp3) is 0.278. The Morgan fingerprint density at radius 2 is 1.96 bits per heavy atom. The molecule has 122 valence electrons. The zero-order valence-electron chi connectivity index (χ0n) is 13.4. The number of amides is 1. The summed E-state index contributed by atoms with van der Waals surface area (Å²) in [5.41, 5.74) is 1.99. The van der Waals surface area contributed by atoms with Gasteiger partial charge in [0.2, 0.25) is 5.91 Å². The number of nitrogens with one attached hydrogen (secondary N) is 1. The molecular weight excluding hydrogens is 356 g/mol. The third kappa shape index (κ3) is 6.42. The molecule has 2 aromatic carbocycles. The number of hydrogen-bond donors (Lipinski definition) is 1. The maximum absolute atomic E-state index is 12.0. The van der Waals surface area contributed by atoms with Crippen molar-refractivity contribution in [1.82, 2.24) is 4.90 Å². The molecule has 0 spiro atoms. The highest BCUT2D eigenvalue weighted by atomic mass is 79.9. The van der Waals surface area contributed by atoms with Crippen LogP contribution in [0.5, 0.6) is 5.75 Å². The molecule has 0 aliphatic rings. The lowest BCUT2D eigenvalue weighted by Crippen LogP contribution is -2.33. The Bertz CT molecular complexity index is 644. The van der Waals surface area contributed by atoms with Crippen LogP contribution in [0, 0.1) is 6.92 Å². The molecule has 0 fully saturated rings. The summed E-state index contributed by atoms with van der Waals surface area (Å²) in [6, 6.07) is 15.5. The van der Waals surface area contributed by atoms with Crippen LogP contribution >= 0.6 is 15.9 Å². The second-order valence-corrected chi connectivity index (χ2v) is 6.37. The number of nitrogens with zero attached hydrogens (tertiary/aromatic N) is 1. The molecule has 0 aliphatic carbocycles. The van der Waals surface area contributed by atoms with Gasteiger partial charge in [0.1, 0.15) is 12.4 Å². The highest BCUT2D eigenvalue weighted by Gasteiger charge is 2.07. The molecule has 0 radical (unpaired) electrons. The quantitative estimate of drug-likeness (QED) is 0.800. The molecule has 0 bridgehead atoms. The number of likely N-dealkylation sites (N-methyl/N-ethyl adjacent to an activating group) is 1. The molecule has 0 aromatic heterocycles. The molecule has 23 heavy (non-hydrogen) atoms. The number of ether oxygens (including phenoxy) is 1. The summed E-state index contributed by atoms with van der Waals surface area (Å²) < 4.78 is 6.65. The van der Waals surface area contributed by atoms with E-state index < -0.39 is 0 Å². The minimum Gasteiger partial charge on any atom is -0.492 e. The molecule has 0 unspecified atom stereocenters. The van der Waals surface area contributed by atoms with Gasteiger partial charge in [-0.15, -0.1) is 0 Å². The van der Waals surface area contributed by atoms with Crippen LogP contribution in [0.25, 0.3) is 0 Å². The van der Waals surface area contributed by atoms with E-state index in [1.165, 1.54) is 5.56 Å². The topological polar surface area (TPSA) is 41.6 Å². The average molecular weight is 377 g/mol.